The molecule has 2 aromatic carbocycles. The number of halogens is 2. The number of nitrogens with zero attached hydrogens (tertiary/aromatic N) is 2. The zero-order valence-electron chi connectivity index (χ0n) is 14.3. The van der Waals surface area contributed by atoms with E-state index in [1.807, 2.05) is 18.2 Å². The van der Waals surface area contributed by atoms with E-state index in [4.69, 9.17) is 0 Å². The lowest BCUT2D eigenvalue weighted by atomic mass is 10.2. The van der Waals surface area contributed by atoms with Gasteiger partial charge in [0.25, 0.3) is 0 Å². The number of ether oxygens (including phenoxy) is 1. The fourth-order valence-corrected chi connectivity index (χ4v) is 2.95. The standard InChI is InChI=1S/C19H21F2N3O2/c20-18(21)26-17-9-5-4-6-15(17)14-22-19(25)24-12-10-23(11-13-24)16-7-2-1-3-8-16/h1-9,18H,10-14H2,(H,22,25). The smallest absolute Gasteiger partial charge is 0.387 e. The van der Waals surface area contributed by atoms with E-state index in [0.29, 0.717) is 18.7 Å². The Morgan fingerprint density at radius 3 is 2.35 bits per heavy atom. The quantitative estimate of drug-likeness (QED) is 0.889. The highest BCUT2D eigenvalue weighted by atomic mass is 19.3. The molecule has 7 heteroatoms. The van der Waals surface area contributed by atoms with Gasteiger partial charge in [0.15, 0.2) is 0 Å². The largest absolute Gasteiger partial charge is 0.434 e. The van der Waals surface area contributed by atoms with Crippen LogP contribution in [0.15, 0.2) is 54.6 Å². The van der Waals surface area contributed by atoms with Crippen molar-refractivity contribution < 1.29 is 18.3 Å². The summed E-state index contributed by atoms with van der Waals surface area (Å²) in [6.07, 6.45) is 0. The SMILES string of the molecule is O=C(NCc1ccccc1OC(F)F)N1CCN(c2ccccc2)CC1. The van der Waals surface area contributed by atoms with E-state index in [9.17, 15) is 13.6 Å². The summed E-state index contributed by atoms with van der Waals surface area (Å²) < 4.78 is 29.4. The summed E-state index contributed by atoms with van der Waals surface area (Å²) in [6.45, 7) is -0.0322. The summed E-state index contributed by atoms with van der Waals surface area (Å²) >= 11 is 0. The van der Waals surface area contributed by atoms with Crippen LogP contribution < -0.4 is 15.0 Å². The van der Waals surface area contributed by atoms with Crippen LogP contribution in [-0.4, -0.2) is 43.7 Å². The van der Waals surface area contributed by atoms with Crippen LogP contribution >= 0.6 is 0 Å². The molecule has 0 saturated carbocycles. The third kappa shape index (κ3) is 4.62. The van der Waals surface area contributed by atoms with Crippen LogP contribution in [0, 0.1) is 0 Å². The number of hydrogen-bond donors (Lipinski definition) is 1. The van der Waals surface area contributed by atoms with Crippen molar-refractivity contribution in [2.24, 2.45) is 0 Å². The van der Waals surface area contributed by atoms with E-state index in [1.54, 1.807) is 23.1 Å². The number of amides is 2. The fourth-order valence-electron chi connectivity index (χ4n) is 2.95. The number of rotatable bonds is 5. The maximum atomic E-state index is 12.4. The lowest BCUT2D eigenvalue weighted by molar-refractivity contribution is -0.0504. The first-order valence-corrected chi connectivity index (χ1v) is 8.49. The van der Waals surface area contributed by atoms with Crippen molar-refractivity contribution in [3.05, 3.63) is 60.2 Å². The number of carbonyl (C=O) groups is 1. The predicted octanol–water partition coefficient (Wildman–Crippen LogP) is 3.32. The summed E-state index contributed by atoms with van der Waals surface area (Å²) in [6, 6.07) is 16.3. The molecular weight excluding hydrogens is 340 g/mol. The Kier molecular flexibility index (Phi) is 5.88. The zero-order chi connectivity index (χ0) is 18.4. The second-order valence-electron chi connectivity index (χ2n) is 5.95. The molecule has 1 N–H and O–H groups in total. The minimum absolute atomic E-state index is 0.0803. The van der Waals surface area contributed by atoms with Crippen LogP contribution in [0.25, 0.3) is 0 Å². The van der Waals surface area contributed by atoms with Gasteiger partial charge in [0.1, 0.15) is 5.75 Å². The molecule has 0 bridgehead atoms. The first-order valence-electron chi connectivity index (χ1n) is 8.49. The number of hydrogen-bond acceptors (Lipinski definition) is 3. The summed E-state index contributed by atoms with van der Waals surface area (Å²) in [4.78, 5) is 16.3. The van der Waals surface area contributed by atoms with E-state index in [2.05, 4.69) is 27.1 Å². The molecule has 0 atom stereocenters. The van der Waals surface area contributed by atoms with Crippen molar-refractivity contribution in [3.63, 3.8) is 0 Å². The molecule has 1 heterocycles. The molecule has 0 spiro atoms. The highest BCUT2D eigenvalue weighted by Gasteiger charge is 2.21. The number of para-hydroxylation sites is 2. The van der Waals surface area contributed by atoms with E-state index < -0.39 is 6.61 Å². The van der Waals surface area contributed by atoms with Gasteiger partial charge in [-0.2, -0.15) is 8.78 Å². The molecule has 2 aromatic rings. The molecule has 3 rings (SSSR count). The van der Waals surface area contributed by atoms with Gasteiger partial charge in [-0.1, -0.05) is 36.4 Å². The summed E-state index contributed by atoms with van der Waals surface area (Å²) in [5.41, 5.74) is 1.66. The molecule has 1 saturated heterocycles. The highest BCUT2D eigenvalue weighted by Crippen LogP contribution is 2.20. The molecule has 138 valence electrons. The first-order chi connectivity index (χ1) is 12.6. The number of benzene rings is 2. The van der Waals surface area contributed by atoms with Gasteiger partial charge in [0.2, 0.25) is 0 Å². The lowest BCUT2D eigenvalue weighted by Crippen LogP contribution is -2.51. The monoisotopic (exact) mass is 361 g/mol. The number of urea groups is 1. The molecule has 1 aliphatic heterocycles. The molecule has 0 aliphatic carbocycles. The van der Waals surface area contributed by atoms with Crippen LogP contribution in [0.5, 0.6) is 5.75 Å². The Labute approximate surface area is 151 Å². The van der Waals surface area contributed by atoms with Crippen molar-refractivity contribution in [1.29, 1.82) is 0 Å². The van der Waals surface area contributed by atoms with Gasteiger partial charge in [-0.15, -0.1) is 0 Å². The number of carbonyl (C=O) groups excluding carboxylic acids is 1. The first kappa shape index (κ1) is 18.0. The van der Waals surface area contributed by atoms with Crippen molar-refractivity contribution in [2.45, 2.75) is 13.2 Å². The number of alkyl halides is 2. The van der Waals surface area contributed by atoms with Crippen molar-refractivity contribution >= 4 is 11.7 Å². The molecule has 0 unspecified atom stereocenters. The second-order valence-corrected chi connectivity index (χ2v) is 5.95. The molecule has 2 amide bonds. The maximum Gasteiger partial charge on any atom is 0.387 e. The molecule has 26 heavy (non-hydrogen) atoms. The Morgan fingerprint density at radius 1 is 1.00 bits per heavy atom. The van der Waals surface area contributed by atoms with Crippen molar-refractivity contribution in [3.8, 4) is 5.75 Å². The Bertz CT molecular complexity index is 720. The molecule has 1 aliphatic rings. The summed E-state index contributed by atoms with van der Waals surface area (Å²) in [7, 11) is 0. The van der Waals surface area contributed by atoms with Crippen LogP contribution in [0.2, 0.25) is 0 Å². The second kappa shape index (κ2) is 8.51. The van der Waals surface area contributed by atoms with E-state index in [0.717, 1.165) is 18.8 Å². The molecule has 1 fully saturated rings. The lowest BCUT2D eigenvalue weighted by Gasteiger charge is -2.36. The normalized spacial score (nSPS) is 14.4. The number of anilines is 1. The van der Waals surface area contributed by atoms with Crippen molar-refractivity contribution in [1.82, 2.24) is 10.2 Å². The number of nitrogens with one attached hydrogen (secondary N) is 1. The molecular formula is C19H21F2N3O2. The molecule has 0 aromatic heterocycles. The summed E-state index contributed by atoms with van der Waals surface area (Å²) in [5.74, 6) is 0.0803. The van der Waals surface area contributed by atoms with Gasteiger partial charge in [-0.3, -0.25) is 0 Å². The number of piperazine rings is 1. The van der Waals surface area contributed by atoms with Crippen LogP contribution in [0.3, 0.4) is 0 Å². The van der Waals surface area contributed by atoms with Crippen LogP contribution in [0.4, 0.5) is 19.3 Å². The Morgan fingerprint density at radius 2 is 1.65 bits per heavy atom. The van der Waals surface area contributed by atoms with Gasteiger partial charge >= 0.3 is 12.6 Å². The minimum Gasteiger partial charge on any atom is -0.434 e. The minimum atomic E-state index is -2.89. The average molecular weight is 361 g/mol. The average Bonchev–Trinajstić information content (AvgIpc) is 2.67. The van der Waals surface area contributed by atoms with Crippen LogP contribution in [0.1, 0.15) is 5.56 Å². The molecule has 5 nitrogen and oxygen atoms in total. The van der Waals surface area contributed by atoms with E-state index in [-0.39, 0.29) is 18.3 Å². The van der Waals surface area contributed by atoms with E-state index in [1.165, 1.54) is 6.07 Å². The zero-order valence-corrected chi connectivity index (χ0v) is 14.3. The molecule has 0 radical (unpaired) electrons. The Hall–Kier alpha value is -2.83. The van der Waals surface area contributed by atoms with Gasteiger partial charge in [-0.25, -0.2) is 4.79 Å². The maximum absolute atomic E-state index is 12.4. The van der Waals surface area contributed by atoms with Gasteiger partial charge < -0.3 is 19.9 Å². The van der Waals surface area contributed by atoms with Crippen molar-refractivity contribution in [2.75, 3.05) is 31.1 Å². The summed E-state index contributed by atoms with van der Waals surface area (Å²) in [5, 5.41) is 2.78. The third-order valence-corrected chi connectivity index (χ3v) is 4.31. The topological polar surface area (TPSA) is 44.8 Å². The van der Waals surface area contributed by atoms with Gasteiger partial charge in [-0.05, 0) is 18.2 Å². The van der Waals surface area contributed by atoms with Gasteiger partial charge in [0.05, 0.1) is 0 Å². The highest BCUT2D eigenvalue weighted by molar-refractivity contribution is 5.74. The Balaban J connectivity index is 1.51. The van der Waals surface area contributed by atoms with Crippen LogP contribution in [-0.2, 0) is 6.54 Å². The van der Waals surface area contributed by atoms with E-state index >= 15 is 0 Å². The predicted molar refractivity (Wildman–Crippen MR) is 95.5 cm³/mol. The fraction of sp³-hybridized carbons (Fsp3) is 0.316. The third-order valence-electron chi connectivity index (χ3n) is 4.31. The van der Waals surface area contributed by atoms with Gasteiger partial charge in [0, 0.05) is 44.0 Å².